The quantitative estimate of drug-likeness (QED) is 0.613. The van der Waals surface area contributed by atoms with Crippen molar-refractivity contribution in [2.75, 3.05) is 23.9 Å². The number of piperidine rings is 1. The highest BCUT2D eigenvalue weighted by Gasteiger charge is 2.19. The van der Waals surface area contributed by atoms with E-state index < -0.39 is 5.97 Å². The van der Waals surface area contributed by atoms with Crippen LogP contribution in [0.4, 0.5) is 0 Å². The van der Waals surface area contributed by atoms with Crippen molar-refractivity contribution >= 4 is 51.4 Å². The summed E-state index contributed by atoms with van der Waals surface area (Å²) in [5.41, 5.74) is 1.99. The number of imidazole rings is 1. The van der Waals surface area contributed by atoms with Gasteiger partial charge in [0.25, 0.3) is 0 Å². The second kappa shape index (κ2) is 6.43. The molecular formula is C14H16IN3O2S. The van der Waals surface area contributed by atoms with Gasteiger partial charge in [0.05, 0.1) is 16.8 Å². The molecule has 3 rings (SSSR count). The van der Waals surface area contributed by atoms with Crippen LogP contribution in [0.15, 0.2) is 23.4 Å². The molecule has 1 saturated heterocycles. The number of aliphatic carboxylic acids is 1. The molecular weight excluding hydrogens is 401 g/mol. The molecule has 2 aromatic rings. The Balaban J connectivity index is 2.03. The molecule has 0 radical (unpaired) electrons. The smallest absolute Gasteiger partial charge is 0.313 e. The molecule has 2 heterocycles. The molecule has 0 saturated carbocycles. The fraction of sp³-hybridized carbons (Fsp3) is 0.429. The van der Waals surface area contributed by atoms with Crippen molar-refractivity contribution in [1.82, 2.24) is 9.66 Å². The van der Waals surface area contributed by atoms with Crippen LogP contribution in [0.1, 0.15) is 19.3 Å². The summed E-state index contributed by atoms with van der Waals surface area (Å²) in [5, 5.41) is 12.0. The first-order chi connectivity index (χ1) is 10.1. The van der Waals surface area contributed by atoms with Gasteiger partial charge in [0.15, 0.2) is 5.16 Å². The van der Waals surface area contributed by atoms with Crippen LogP contribution in [-0.2, 0) is 4.79 Å². The number of rotatable bonds is 4. The number of carboxylic acid groups (broad SMARTS) is 1. The van der Waals surface area contributed by atoms with Crippen molar-refractivity contribution in [3.05, 3.63) is 21.8 Å². The van der Waals surface area contributed by atoms with Gasteiger partial charge in [-0.3, -0.25) is 4.79 Å². The van der Waals surface area contributed by atoms with Crippen LogP contribution in [0, 0.1) is 3.57 Å². The first-order valence-corrected chi connectivity index (χ1v) is 8.99. The Morgan fingerprint density at radius 1 is 1.33 bits per heavy atom. The van der Waals surface area contributed by atoms with E-state index in [0.29, 0.717) is 0 Å². The zero-order valence-electron chi connectivity index (χ0n) is 11.5. The molecule has 112 valence electrons. The molecule has 0 amide bonds. The van der Waals surface area contributed by atoms with Gasteiger partial charge in [0.2, 0.25) is 0 Å². The fourth-order valence-corrected chi connectivity index (χ4v) is 3.82. The van der Waals surface area contributed by atoms with Crippen LogP contribution in [-0.4, -0.2) is 39.6 Å². The Kier molecular flexibility index (Phi) is 4.58. The summed E-state index contributed by atoms with van der Waals surface area (Å²) in [5.74, 6) is -0.777. The van der Waals surface area contributed by atoms with Crippen LogP contribution in [0.5, 0.6) is 0 Å². The van der Waals surface area contributed by atoms with Gasteiger partial charge in [0, 0.05) is 16.7 Å². The SMILES string of the molecule is O=C(O)CSc1nc2cc(I)ccc2n1N1CCCCC1. The number of halogens is 1. The maximum atomic E-state index is 10.9. The lowest BCUT2D eigenvalue weighted by molar-refractivity contribution is -0.133. The Bertz CT molecular complexity index is 668. The van der Waals surface area contributed by atoms with E-state index in [4.69, 9.17) is 5.11 Å². The number of hydrogen-bond donors (Lipinski definition) is 1. The van der Waals surface area contributed by atoms with Crippen LogP contribution >= 0.6 is 34.4 Å². The predicted molar refractivity (Wildman–Crippen MR) is 92.6 cm³/mol. The summed E-state index contributed by atoms with van der Waals surface area (Å²) >= 11 is 3.56. The largest absolute Gasteiger partial charge is 0.481 e. The maximum absolute atomic E-state index is 10.9. The molecule has 1 aromatic carbocycles. The summed E-state index contributed by atoms with van der Waals surface area (Å²) in [7, 11) is 0. The van der Waals surface area contributed by atoms with E-state index in [9.17, 15) is 4.79 Å². The summed E-state index contributed by atoms with van der Waals surface area (Å²) < 4.78 is 3.25. The van der Waals surface area contributed by atoms with Crippen molar-refractivity contribution in [1.29, 1.82) is 0 Å². The van der Waals surface area contributed by atoms with E-state index in [-0.39, 0.29) is 5.75 Å². The molecule has 1 aromatic heterocycles. The molecule has 0 unspecified atom stereocenters. The minimum Gasteiger partial charge on any atom is -0.481 e. The Morgan fingerprint density at radius 2 is 2.10 bits per heavy atom. The lowest BCUT2D eigenvalue weighted by Crippen LogP contribution is -2.39. The normalized spacial score (nSPS) is 15.6. The van der Waals surface area contributed by atoms with Gasteiger partial charge < -0.3 is 10.1 Å². The molecule has 1 N–H and O–H groups in total. The molecule has 0 spiro atoms. The lowest BCUT2D eigenvalue weighted by Gasteiger charge is -2.31. The van der Waals surface area contributed by atoms with Gasteiger partial charge in [0.1, 0.15) is 0 Å². The van der Waals surface area contributed by atoms with Crippen molar-refractivity contribution in [3.63, 3.8) is 0 Å². The second-order valence-electron chi connectivity index (χ2n) is 5.04. The Morgan fingerprint density at radius 3 is 2.81 bits per heavy atom. The molecule has 21 heavy (non-hydrogen) atoms. The molecule has 1 aliphatic heterocycles. The van der Waals surface area contributed by atoms with Crippen LogP contribution in [0.2, 0.25) is 0 Å². The number of benzene rings is 1. The molecule has 0 aliphatic carbocycles. The number of carboxylic acids is 1. The number of fused-ring (bicyclic) bond motifs is 1. The van der Waals surface area contributed by atoms with E-state index in [0.717, 1.165) is 32.8 Å². The van der Waals surface area contributed by atoms with Gasteiger partial charge in [-0.2, -0.15) is 0 Å². The van der Waals surface area contributed by atoms with Crippen molar-refractivity contribution in [2.24, 2.45) is 0 Å². The van der Waals surface area contributed by atoms with Gasteiger partial charge in [-0.25, -0.2) is 9.66 Å². The van der Waals surface area contributed by atoms with Gasteiger partial charge >= 0.3 is 5.97 Å². The van der Waals surface area contributed by atoms with Gasteiger partial charge in [-0.15, -0.1) is 0 Å². The zero-order chi connectivity index (χ0) is 14.8. The number of hydrogen-bond acceptors (Lipinski definition) is 4. The molecule has 1 aliphatic rings. The highest BCUT2D eigenvalue weighted by molar-refractivity contribution is 14.1. The van der Waals surface area contributed by atoms with Gasteiger partial charge in [-0.05, 0) is 60.1 Å². The predicted octanol–water partition coefficient (Wildman–Crippen LogP) is 2.94. The topological polar surface area (TPSA) is 58.4 Å². The lowest BCUT2D eigenvalue weighted by atomic mass is 10.2. The van der Waals surface area contributed by atoms with Crippen molar-refractivity contribution < 1.29 is 9.90 Å². The highest BCUT2D eigenvalue weighted by atomic mass is 127. The third kappa shape index (κ3) is 3.28. The molecule has 0 bridgehead atoms. The Hall–Kier alpha value is -0.960. The number of thioether (sulfide) groups is 1. The van der Waals surface area contributed by atoms with Crippen molar-refractivity contribution in [3.8, 4) is 0 Å². The van der Waals surface area contributed by atoms with E-state index in [2.05, 4.69) is 49.4 Å². The molecule has 5 nitrogen and oxygen atoms in total. The molecule has 1 fully saturated rings. The van der Waals surface area contributed by atoms with Gasteiger partial charge in [-0.1, -0.05) is 11.8 Å². The summed E-state index contributed by atoms with van der Waals surface area (Å²) in [4.78, 5) is 15.5. The van der Waals surface area contributed by atoms with E-state index in [1.54, 1.807) is 0 Å². The minimum absolute atomic E-state index is 0.0360. The summed E-state index contributed by atoms with van der Waals surface area (Å²) in [6, 6.07) is 6.18. The maximum Gasteiger partial charge on any atom is 0.313 e. The second-order valence-corrected chi connectivity index (χ2v) is 7.22. The third-order valence-electron chi connectivity index (χ3n) is 3.50. The van der Waals surface area contributed by atoms with E-state index in [1.165, 1.54) is 31.0 Å². The zero-order valence-corrected chi connectivity index (χ0v) is 14.4. The number of nitrogens with zero attached hydrogens (tertiary/aromatic N) is 3. The molecule has 0 atom stereocenters. The highest BCUT2D eigenvalue weighted by Crippen LogP contribution is 2.27. The Labute approximate surface area is 140 Å². The van der Waals surface area contributed by atoms with Crippen LogP contribution in [0.25, 0.3) is 11.0 Å². The first-order valence-electron chi connectivity index (χ1n) is 6.93. The summed E-state index contributed by atoms with van der Waals surface area (Å²) in [6.45, 7) is 2.00. The average molecular weight is 417 g/mol. The third-order valence-corrected chi connectivity index (χ3v) is 5.09. The monoisotopic (exact) mass is 417 g/mol. The number of aromatic nitrogens is 2. The van der Waals surface area contributed by atoms with E-state index in [1.807, 2.05) is 6.07 Å². The molecule has 7 heteroatoms. The standard InChI is InChI=1S/C14H16IN3O2S/c15-10-4-5-12-11(8-10)16-14(21-9-13(19)20)18(12)17-6-2-1-3-7-17/h4-5,8H,1-3,6-7,9H2,(H,19,20). The van der Waals surface area contributed by atoms with Crippen LogP contribution in [0.3, 0.4) is 0 Å². The first kappa shape index (κ1) is 15.0. The fourth-order valence-electron chi connectivity index (χ4n) is 2.59. The average Bonchev–Trinajstić information content (AvgIpc) is 2.83. The van der Waals surface area contributed by atoms with Crippen molar-refractivity contribution in [2.45, 2.75) is 24.4 Å². The van der Waals surface area contributed by atoms with Crippen LogP contribution < -0.4 is 5.01 Å². The summed E-state index contributed by atoms with van der Waals surface area (Å²) in [6.07, 6.45) is 3.61. The number of carbonyl (C=O) groups is 1. The van der Waals surface area contributed by atoms with E-state index >= 15 is 0 Å². The minimum atomic E-state index is -0.813.